The van der Waals surface area contributed by atoms with Gasteiger partial charge in [-0.1, -0.05) is 59.1 Å². The van der Waals surface area contributed by atoms with E-state index >= 15 is 0 Å². The van der Waals surface area contributed by atoms with E-state index in [4.69, 9.17) is 39.5 Å². The van der Waals surface area contributed by atoms with Crippen LogP contribution in [0.25, 0.3) is 6.08 Å². The second kappa shape index (κ2) is 10.2. The van der Waals surface area contributed by atoms with Crippen molar-refractivity contribution < 1.29 is 9.53 Å². The monoisotopic (exact) mass is 456 g/mol. The largest absolute Gasteiger partial charge is 0.488 e. The van der Waals surface area contributed by atoms with Crippen molar-refractivity contribution in [3.8, 4) is 11.8 Å². The minimum Gasteiger partial charge on any atom is -0.488 e. The van der Waals surface area contributed by atoms with E-state index in [1.165, 1.54) is 6.08 Å². The molecule has 0 aliphatic carbocycles. The van der Waals surface area contributed by atoms with E-state index in [9.17, 15) is 10.1 Å². The number of anilines is 1. The molecule has 7 heteroatoms. The van der Waals surface area contributed by atoms with Gasteiger partial charge in [-0.25, -0.2) is 0 Å². The number of carbonyl (C=O) groups excluding carboxylic acids is 1. The van der Waals surface area contributed by atoms with Crippen molar-refractivity contribution in [3.05, 3.63) is 98.5 Å². The number of carbonyl (C=O) groups is 1. The fourth-order valence-electron chi connectivity index (χ4n) is 2.56. The maximum atomic E-state index is 12.5. The SMILES string of the molecule is N#C/C(=C\c1ccccc1OCc1ccc(Cl)cc1Cl)C(=O)Nc1ccc(Cl)cc1. The molecule has 0 saturated heterocycles. The van der Waals surface area contributed by atoms with E-state index in [0.29, 0.717) is 32.1 Å². The smallest absolute Gasteiger partial charge is 0.266 e. The number of rotatable bonds is 6. The predicted octanol–water partition coefficient (Wildman–Crippen LogP) is 6.77. The summed E-state index contributed by atoms with van der Waals surface area (Å²) in [5.41, 5.74) is 1.82. The molecule has 150 valence electrons. The summed E-state index contributed by atoms with van der Waals surface area (Å²) >= 11 is 18.0. The van der Waals surface area contributed by atoms with E-state index < -0.39 is 5.91 Å². The minimum absolute atomic E-state index is 0.0643. The first-order valence-electron chi connectivity index (χ1n) is 8.81. The second-order valence-electron chi connectivity index (χ2n) is 6.19. The predicted molar refractivity (Wildman–Crippen MR) is 121 cm³/mol. The lowest BCUT2D eigenvalue weighted by Gasteiger charge is -2.11. The van der Waals surface area contributed by atoms with Crippen LogP contribution in [-0.4, -0.2) is 5.91 Å². The Morgan fingerprint density at radius 3 is 2.40 bits per heavy atom. The lowest BCUT2D eigenvalue weighted by Crippen LogP contribution is -2.13. The molecule has 0 aliphatic rings. The molecule has 1 N–H and O–H groups in total. The van der Waals surface area contributed by atoms with E-state index in [1.807, 2.05) is 6.07 Å². The quantitative estimate of drug-likeness (QED) is 0.328. The molecule has 30 heavy (non-hydrogen) atoms. The summed E-state index contributed by atoms with van der Waals surface area (Å²) in [6.07, 6.45) is 1.48. The molecule has 0 aliphatic heterocycles. The van der Waals surface area contributed by atoms with Gasteiger partial charge in [0.1, 0.15) is 24.0 Å². The molecule has 1 amide bonds. The van der Waals surface area contributed by atoms with E-state index in [0.717, 1.165) is 5.56 Å². The fourth-order valence-corrected chi connectivity index (χ4v) is 3.15. The van der Waals surface area contributed by atoms with Gasteiger partial charge in [0.05, 0.1) is 0 Å². The van der Waals surface area contributed by atoms with Gasteiger partial charge in [0.15, 0.2) is 0 Å². The van der Waals surface area contributed by atoms with Crippen LogP contribution in [0.2, 0.25) is 15.1 Å². The molecule has 3 rings (SSSR count). The van der Waals surface area contributed by atoms with Gasteiger partial charge in [0.2, 0.25) is 0 Å². The first-order chi connectivity index (χ1) is 14.5. The molecule has 3 aromatic rings. The van der Waals surface area contributed by atoms with Gasteiger partial charge in [-0.05, 0) is 48.5 Å². The van der Waals surface area contributed by atoms with Crippen LogP contribution in [0.5, 0.6) is 5.75 Å². The Kier molecular flexibility index (Phi) is 7.37. The first kappa shape index (κ1) is 21.7. The molecule has 0 radical (unpaired) electrons. The average molecular weight is 458 g/mol. The molecule has 0 aromatic heterocycles. The number of nitrogens with one attached hydrogen (secondary N) is 1. The number of hydrogen-bond acceptors (Lipinski definition) is 3. The molecule has 0 heterocycles. The number of nitriles is 1. The molecule has 0 bridgehead atoms. The Hall–Kier alpha value is -2.97. The molecular formula is C23H15Cl3N2O2. The molecule has 0 atom stereocenters. The Bertz CT molecular complexity index is 1140. The van der Waals surface area contributed by atoms with Crippen LogP contribution in [-0.2, 0) is 11.4 Å². The van der Waals surface area contributed by atoms with Crippen molar-refractivity contribution in [1.29, 1.82) is 5.26 Å². The number of amides is 1. The highest BCUT2D eigenvalue weighted by atomic mass is 35.5. The summed E-state index contributed by atoms with van der Waals surface area (Å²) in [6, 6.07) is 20.8. The van der Waals surface area contributed by atoms with Gasteiger partial charge in [0, 0.05) is 31.9 Å². The highest BCUT2D eigenvalue weighted by molar-refractivity contribution is 6.35. The first-order valence-corrected chi connectivity index (χ1v) is 9.94. The van der Waals surface area contributed by atoms with Gasteiger partial charge in [-0.15, -0.1) is 0 Å². The van der Waals surface area contributed by atoms with Crippen molar-refractivity contribution in [2.75, 3.05) is 5.32 Å². The fraction of sp³-hybridized carbons (Fsp3) is 0.0435. The zero-order valence-electron chi connectivity index (χ0n) is 15.5. The van der Waals surface area contributed by atoms with Crippen molar-refractivity contribution in [2.45, 2.75) is 6.61 Å². The molecular weight excluding hydrogens is 443 g/mol. The van der Waals surface area contributed by atoms with Crippen LogP contribution in [0.3, 0.4) is 0 Å². The Morgan fingerprint density at radius 2 is 1.70 bits per heavy atom. The van der Waals surface area contributed by atoms with Crippen LogP contribution in [0.1, 0.15) is 11.1 Å². The zero-order chi connectivity index (χ0) is 21.5. The summed E-state index contributed by atoms with van der Waals surface area (Å²) in [5, 5.41) is 13.7. The van der Waals surface area contributed by atoms with Crippen LogP contribution in [0.15, 0.2) is 72.3 Å². The summed E-state index contributed by atoms with van der Waals surface area (Å²) in [5.74, 6) is -0.0223. The molecule has 0 fully saturated rings. The Balaban J connectivity index is 1.78. The topological polar surface area (TPSA) is 62.1 Å². The van der Waals surface area contributed by atoms with Crippen LogP contribution in [0, 0.1) is 11.3 Å². The van der Waals surface area contributed by atoms with Crippen molar-refractivity contribution in [1.82, 2.24) is 0 Å². The highest BCUT2D eigenvalue weighted by Crippen LogP contribution is 2.26. The minimum atomic E-state index is -0.532. The third kappa shape index (κ3) is 5.77. The lowest BCUT2D eigenvalue weighted by molar-refractivity contribution is -0.112. The summed E-state index contributed by atoms with van der Waals surface area (Å²) in [7, 11) is 0. The van der Waals surface area contributed by atoms with Gasteiger partial charge >= 0.3 is 0 Å². The van der Waals surface area contributed by atoms with Crippen molar-refractivity contribution in [3.63, 3.8) is 0 Å². The van der Waals surface area contributed by atoms with Gasteiger partial charge in [-0.2, -0.15) is 5.26 Å². The molecule has 4 nitrogen and oxygen atoms in total. The maximum Gasteiger partial charge on any atom is 0.266 e. The molecule has 3 aromatic carbocycles. The summed E-state index contributed by atoms with van der Waals surface area (Å²) in [6.45, 7) is 0.208. The van der Waals surface area contributed by atoms with Crippen molar-refractivity contribution in [2.24, 2.45) is 0 Å². The summed E-state index contributed by atoms with van der Waals surface area (Å²) in [4.78, 5) is 12.5. The summed E-state index contributed by atoms with van der Waals surface area (Å²) < 4.78 is 5.87. The zero-order valence-corrected chi connectivity index (χ0v) is 17.8. The standard InChI is InChI=1S/C23H15Cl3N2O2/c24-18-7-9-20(10-8-18)28-23(29)17(13-27)11-15-3-1-2-4-22(15)30-14-16-5-6-19(25)12-21(16)26/h1-12H,14H2,(H,28,29)/b17-11+. The van der Waals surface area contributed by atoms with E-state index in [1.54, 1.807) is 66.7 Å². The Morgan fingerprint density at radius 1 is 1.00 bits per heavy atom. The number of nitrogens with zero attached hydrogens (tertiary/aromatic N) is 1. The molecule has 0 spiro atoms. The number of para-hydroxylation sites is 1. The number of benzene rings is 3. The second-order valence-corrected chi connectivity index (χ2v) is 7.47. The van der Waals surface area contributed by atoms with Crippen LogP contribution >= 0.6 is 34.8 Å². The van der Waals surface area contributed by atoms with Gasteiger partial charge < -0.3 is 10.1 Å². The normalized spacial score (nSPS) is 10.9. The highest BCUT2D eigenvalue weighted by Gasteiger charge is 2.12. The van der Waals surface area contributed by atoms with Crippen LogP contribution < -0.4 is 10.1 Å². The molecule has 0 unspecified atom stereocenters. The maximum absolute atomic E-state index is 12.5. The Labute approximate surface area is 189 Å². The van der Waals surface area contributed by atoms with Crippen LogP contribution in [0.4, 0.5) is 5.69 Å². The van der Waals surface area contributed by atoms with Gasteiger partial charge in [-0.3, -0.25) is 4.79 Å². The van der Waals surface area contributed by atoms with E-state index in [2.05, 4.69) is 5.32 Å². The van der Waals surface area contributed by atoms with Gasteiger partial charge in [0.25, 0.3) is 5.91 Å². The molecule has 0 saturated carbocycles. The van der Waals surface area contributed by atoms with E-state index in [-0.39, 0.29) is 12.2 Å². The number of halogens is 3. The third-order valence-electron chi connectivity index (χ3n) is 4.08. The average Bonchev–Trinajstić information content (AvgIpc) is 2.73. The lowest BCUT2D eigenvalue weighted by atomic mass is 10.1. The van der Waals surface area contributed by atoms with Crippen molar-refractivity contribution >= 4 is 52.5 Å². The third-order valence-corrected chi connectivity index (χ3v) is 4.92. The number of ether oxygens (including phenoxy) is 1. The number of hydrogen-bond donors (Lipinski definition) is 1.